The monoisotopic (exact) mass is 438 g/mol. The average Bonchev–Trinajstić information content (AvgIpc) is 3.28. The summed E-state index contributed by atoms with van der Waals surface area (Å²) in [6.07, 6.45) is 2.27. The first-order valence-corrected chi connectivity index (χ1v) is 11.3. The molecule has 0 aliphatic carbocycles. The fourth-order valence-electron chi connectivity index (χ4n) is 4.70. The summed E-state index contributed by atoms with van der Waals surface area (Å²) in [5.41, 5.74) is 4.62. The van der Waals surface area contributed by atoms with Crippen LogP contribution in [0.3, 0.4) is 0 Å². The molecule has 0 radical (unpaired) electrons. The van der Waals surface area contributed by atoms with E-state index in [1.165, 1.54) is 23.2 Å². The van der Waals surface area contributed by atoms with Gasteiger partial charge in [0.1, 0.15) is 0 Å². The summed E-state index contributed by atoms with van der Waals surface area (Å²) < 4.78 is 16.3. The van der Waals surface area contributed by atoms with E-state index in [2.05, 4.69) is 45.7 Å². The highest BCUT2D eigenvalue weighted by molar-refractivity contribution is 5.89. The zero-order valence-electron chi connectivity index (χ0n) is 18.4. The number of aryl methyl sites for hydroxylation is 1. The third-order valence-electron chi connectivity index (χ3n) is 6.41. The lowest BCUT2D eigenvalue weighted by Gasteiger charge is -2.36. The number of rotatable bonds is 5. The predicted octanol–water partition coefficient (Wildman–Crippen LogP) is 2.99. The fourth-order valence-corrected chi connectivity index (χ4v) is 4.70. The van der Waals surface area contributed by atoms with Gasteiger partial charge < -0.3 is 29.7 Å². The molecule has 8 nitrogen and oxygen atoms in total. The lowest BCUT2D eigenvalue weighted by atomic mass is 9.95. The van der Waals surface area contributed by atoms with Gasteiger partial charge in [-0.25, -0.2) is 4.79 Å². The molecule has 3 aliphatic rings. The summed E-state index contributed by atoms with van der Waals surface area (Å²) in [6.45, 7) is 4.97. The van der Waals surface area contributed by atoms with E-state index in [9.17, 15) is 4.79 Å². The first-order valence-electron chi connectivity index (χ1n) is 11.3. The first kappa shape index (κ1) is 20.9. The fraction of sp³-hybridized carbons (Fsp3) is 0.458. The minimum Gasteiger partial charge on any atom is -0.454 e. The van der Waals surface area contributed by atoms with Crippen molar-refractivity contribution in [2.24, 2.45) is 0 Å². The Morgan fingerprint density at radius 3 is 2.78 bits per heavy atom. The van der Waals surface area contributed by atoms with Crippen LogP contribution in [0.2, 0.25) is 0 Å². The average molecular weight is 439 g/mol. The Morgan fingerprint density at radius 1 is 1.06 bits per heavy atom. The standard InChI is InChI=1S/C24H30N4O4/c1-27-8-2-3-17-13-18(4-6-20(17)27)21(28-9-11-30-12-10-28)15-25-24(29)26-19-5-7-22-23(14-19)32-16-31-22/h4-7,13-14,21H,2-3,8-12,15-16H2,1H3,(H2,25,26,29)/t21-/m0/s1. The molecule has 0 saturated carbocycles. The van der Waals surface area contributed by atoms with E-state index in [1.807, 2.05) is 6.07 Å². The minimum atomic E-state index is -0.236. The Morgan fingerprint density at radius 2 is 1.91 bits per heavy atom. The van der Waals surface area contributed by atoms with Gasteiger partial charge in [0.25, 0.3) is 0 Å². The van der Waals surface area contributed by atoms with E-state index in [0.29, 0.717) is 36.9 Å². The quantitative estimate of drug-likeness (QED) is 0.748. The SMILES string of the molecule is CN1CCCc2cc([C@H](CNC(=O)Nc3ccc4c(c3)OCO4)N3CCOCC3)ccc21. The Hall–Kier alpha value is -2.97. The molecule has 2 aromatic carbocycles. The largest absolute Gasteiger partial charge is 0.454 e. The van der Waals surface area contributed by atoms with Crippen molar-refractivity contribution in [3.63, 3.8) is 0 Å². The molecule has 3 heterocycles. The topological polar surface area (TPSA) is 75.3 Å². The number of amides is 2. The molecule has 8 heteroatoms. The third kappa shape index (κ3) is 4.47. The van der Waals surface area contributed by atoms with Gasteiger partial charge >= 0.3 is 6.03 Å². The Balaban J connectivity index is 1.29. The number of carbonyl (C=O) groups excluding carboxylic acids is 1. The van der Waals surface area contributed by atoms with Crippen molar-refractivity contribution in [1.82, 2.24) is 10.2 Å². The normalized spacial score (nSPS) is 18.7. The number of anilines is 2. The second-order valence-corrected chi connectivity index (χ2v) is 8.48. The summed E-state index contributed by atoms with van der Waals surface area (Å²) in [7, 11) is 2.15. The van der Waals surface area contributed by atoms with Crippen molar-refractivity contribution in [2.75, 3.05) is 63.5 Å². The number of hydrogen-bond donors (Lipinski definition) is 2. The van der Waals surface area contributed by atoms with Gasteiger partial charge in [-0.1, -0.05) is 12.1 Å². The molecule has 170 valence electrons. The summed E-state index contributed by atoms with van der Waals surface area (Å²) in [5.74, 6) is 1.34. The van der Waals surface area contributed by atoms with Crippen molar-refractivity contribution in [1.29, 1.82) is 0 Å². The van der Waals surface area contributed by atoms with Crippen LogP contribution in [0.5, 0.6) is 11.5 Å². The highest BCUT2D eigenvalue weighted by atomic mass is 16.7. The van der Waals surface area contributed by atoms with E-state index in [0.717, 1.165) is 26.1 Å². The van der Waals surface area contributed by atoms with Crippen molar-refractivity contribution >= 4 is 17.4 Å². The van der Waals surface area contributed by atoms with Crippen LogP contribution in [0.1, 0.15) is 23.6 Å². The molecular formula is C24H30N4O4. The van der Waals surface area contributed by atoms with Crippen LogP contribution in [0, 0.1) is 0 Å². The minimum absolute atomic E-state index is 0.0962. The number of ether oxygens (including phenoxy) is 3. The second-order valence-electron chi connectivity index (χ2n) is 8.48. The number of carbonyl (C=O) groups is 1. The van der Waals surface area contributed by atoms with Gasteiger partial charge in [0.15, 0.2) is 11.5 Å². The maximum Gasteiger partial charge on any atom is 0.319 e. The van der Waals surface area contributed by atoms with E-state index in [1.54, 1.807) is 12.1 Å². The molecular weight excluding hydrogens is 408 g/mol. The van der Waals surface area contributed by atoms with Gasteiger partial charge in [0.2, 0.25) is 6.79 Å². The van der Waals surface area contributed by atoms with Crippen LogP contribution < -0.4 is 25.0 Å². The molecule has 32 heavy (non-hydrogen) atoms. The predicted molar refractivity (Wildman–Crippen MR) is 123 cm³/mol. The van der Waals surface area contributed by atoms with Crippen LogP contribution in [0.15, 0.2) is 36.4 Å². The number of benzene rings is 2. The smallest absolute Gasteiger partial charge is 0.319 e. The number of fused-ring (bicyclic) bond motifs is 2. The maximum atomic E-state index is 12.7. The van der Waals surface area contributed by atoms with E-state index in [4.69, 9.17) is 14.2 Å². The third-order valence-corrected chi connectivity index (χ3v) is 6.41. The number of nitrogens with one attached hydrogen (secondary N) is 2. The van der Waals surface area contributed by atoms with Crippen molar-refractivity contribution in [2.45, 2.75) is 18.9 Å². The van der Waals surface area contributed by atoms with E-state index >= 15 is 0 Å². The number of urea groups is 1. The highest BCUT2D eigenvalue weighted by Gasteiger charge is 2.25. The number of morpholine rings is 1. The van der Waals surface area contributed by atoms with Gasteiger partial charge in [-0.15, -0.1) is 0 Å². The summed E-state index contributed by atoms with van der Waals surface area (Å²) >= 11 is 0. The molecule has 2 aromatic rings. The first-order chi connectivity index (χ1) is 15.7. The van der Waals surface area contributed by atoms with E-state index in [-0.39, 0.29) is 18.9 Å². The van der Waals surface area contributed by atoms with Crippen LogP contribution in [-0.4, -0.2) is 64.2 Å². The molecule has 0 spiro atoms. The molecule has 3 aliphatic heterocycles. The molecule has 0 unspecified atom stereocenters. The zero-order valence-corrected chi connectivity index (χ0v) is 18.4. The second kappa shape index (κ2) is 9.26. The molecule has 0 bridgehead atoms. The number of nitrogens with zero attached hydrogens (tertiary/aromatic N) is 2. The van der Waals surface area contributed by atoms with Crippen LogP contribution >= 0.6 is 0 Å². The Kier molecular flexibility index (Phi) is 6.05. The van der Waals surface area contributed by atoms with Crippen LogP contribution in [0.4, 0.5) is 16.2 Å². The Labute approximate surface area is 188 Å². The van der Waals surface area contributed by atoms with Gasteiger partial charge in [-0.05, 0) is 42.2 Å². The molecule has 2 amide bonds. The highest BCUT2D eigenvalue weighted by Crippen LogP contribution is 2.34. The van der Waals surface area contributed by atoms with Crippen molar-refractivity contribution in [3.8, 4) is 11.5 Å². The summed E-state index contributed by atoms with van der Waals surface area (Å²) in [5, 5.41) is 5.97. The Bertz CT molecular complexity index is 976. The zero-order chi connectivity index (χ0) is 21.9. The summed E-state index contributed by atoms with van der Waals surface area (Å²) in [6, 6.07) is 12.0. The lowest BCUT2D eigenvalue weighted by molar-refractivity contribution is 0.0167. The molecule has 1 saturated heterocycles. The van der Waals surface area contributed by atoms with Gasteiger partial charge in [-0.3, -0.25) is 4.90 Å². The van der Waals surface area contributed by atoms with Crippen molar-refractivity contribution < 1.29 is 19.0 Å². The molecule has 1 fully saturated rings. The summed E-state index contributed by atoms with van der Waals surface area (Å²) in [4.78, 5) is 17.4. The molecule has 0 aromatic heterocycles. The number of hydrogen-bond acceptors (Lipinski definition) is 6. The van der Waals surface area contributed by atoms with Crippen molar-refractivity contribution in [3.05, 3.63) is 47.5 Å². The van der Waals surface area contributed by atoms with E-state index < -0.39 is 0 Å². The molecule has 1 atom stereocenters. The van der Waals surface area contributed by atoms with Gasteiger partial charge in [0, 0.05) is 50.7 Å². The van der Waals surface area contributed by atoms with Gasteiger partial charge in [-0.2, -0.15) is 0 Å². The lowest BCUT2D eigenvalue weighted by Crippen LogP contribution is -2.44. The molecule has 2 N–H and O–H groups in total. The molecule has 5 rings (SSSR count). The van der Waals surface area contributed by atoms with Gasteiger partial charge in [0.05, 0.1) is 19.3 Å². The van der Waals surface area contributed by atoms with Crippen LogP contribution in [0.25, 0.3) is 0 Å². The van der Waals surface area contributed by atoms with Crippen LogP contribution in [-0.2, 0) is 11.2 Å². The maximum absolute atomic E-state index is 12.7.